The molecule has 1 aliphatic rings. The lowest BCUT2D eigenvalue weighted by atomic mass is 10.00. The average molecular weight is 280 g/mol. The minimum Gasteiger partial charge on any atom is -0.352 e. The summed E-state index contributed by atoms with van der Waals surface area (Å²) in [4.78, 5) is 28.4. The maximum Gasteiger partial charge on any atom is 0.245 e. The van der Waals surface area contributed by atoms with E-state index in [-0.39, 0.29) is 11.9 Å². The molecule has 9 nitrogen and oxygen atoms in total. The third-order valence-corrected chi connectivity index (χ3v) is 3.23. The van der Waals surface area contributed by atoms with Crippen LogP contribution in [0.3, 0.4) is 0 Å². The van der Waals surface area contributed by atoms with Crippen molar-refractivity contribution in [3.8, 4) is 0 Å². The van der Waals surface area contributed by atoms with Gasteiger partial charge in [-0.3, -0.25) is 10.2 Å². The number of nitrogens with zero attached hydrogens (tertiary/aromatic N) is 5. The molecule has 0 aliphatic carbocycles. The number of carbonyl (C=O) groups excluding carboxylic acids is 1. The van der Waals surface area contributed by atoms with Crippen LogP contribution < -0.4 is 26.4 Å². The molecule has 0 spiro atoms. The molecule has 9 heteroatoms. The summed E-state index contributed by atoms with van der Waals surface area (Å²) >= 11 is 0. The second-order valence-electron chi connectivity index (χ2n) is 5.26. The van der Waals surface area contributed by atoms with Gasteiger partial charge in [0.05, 0.1) is 0 Å². The minimum absolute atomic E-state index is 0.0576. The first-order valence-corrected chi connectivity index (χ1v) is 6.32. The summed E-state index contributed by atoms with van der Waals surface area (Å²) in [5, 5.41) is 2.84. The topological polar surface area (TPSA) is 112 Å². The van der Waals surface area contributed by atoms with Gasteiger partial charge in [-0.1, -0.05) is 0 Å². The summed E-state index contributed by atoms with van der Waals surface area (Å²) in [5.74, 6) is 6.50. The Bertz CT molecular complexity index is 515. The lowest BCUT2D eigenvalue weighted by molar-refractivity contribution is -0.126. The smallest absolute Gasteiger partial charge is 0.245 e. The van der Waals surface area contributed by atoms with Crippen LogP contribution in [-0.4, -0.2) is 53.6 Å². The van der Waals surface area contributed by atoms with Crippen molar-refractivity contribution < 1.29 is 4.79 Å². The Morgan fingerprint density at radius 2 is 2.05 bits per heavy atom. The predicted octanol–water partition coefficient (Wildman–Crippen LogP) is -1.06. The van der Waals surface area contributed by atoms with E-state index in [0.29, 0.717) is 25.0 Å². The highest BCUT2D eigenvalue weighted by atomic mass is 16.2. The summed E-state index contributed by atoms with van der Waals surface area (Å²) in [6.45, 7) is 4.84. The molecule has 1 aromatic heterocycles. The maximum atomic E-state index is 12.0. The van der Waals surface area contributed by atoms with Gasteiger partial charge >= 0.3 is 0 Å². The van der Waals surface area contributed by atoms with Crippen LogP contribution in [0, 0.1) is 0 Å². The van der Waals surface area contributed by atoms with Crippen molar-refractivity contribution in [2.45, 2.75) is 19.4 Å². The highest BCUT2D eigenvalue weighted by molar-refractivity contribution is 5.89. The number of amides is 1. The number of aromatic nitrogens is 3. The molecule has 0 aromatic carbocycles. The largest absolute Gasteiger partial charge is 0.352 e. The van der Waals surface area contributed by atoms with Gasteiger partial charge in [0.15, 0.2) is 0 Å². The zero-order chi connectivity index (χ0) is 14.9. The SMILES string of the molecule is CN(C)c1nc(NN)nc(N2CCNC(=O)C2(C)C)n1. The van der Waals surface area contributed by atoms with Gasteiger partial charge in [0, 0.05) is 27.2 Å². The van der Waals surface area contributed by atoms with Crippen molar-refractivity contribution in [3.05, 3.63) is 0 Å². The minimum atomic E-state index is -0.727. The molecule has 0 bridgehead atoms. The molecule has 1 amide bonds. The van der Waals surface area contributed by atoms with E-state index in [1.165, 1.54) is 0 Å². The van der Waals surface area contributed by atoms with Crippen molar-refractivity contribution in [1.29, 1.82) is 0 Å². The Balaban J connectivity index is 2.45. The van der Waals surface area contributed by atoms with Crippen molar-refractivity contribution in [3.63, 3.8) is 0 Å². The normalized spacial score (nSPS) is 17.6. The fourth-order valence-electron chi connectivity index (χ4n) is 1.99. The molecule has 4 N–H and O–H groups in total. The average Bonchev–Trinajstić information content (AvgIpc) is 2.41. The molecular weight excluding hydrogens is 260 g/mol. The first kappa shape index (κ1) is 14.3. The molecule has 0 atom stereocenters. The van der Waals surface area contributed by atoms with Gasteiger partial charge in [0.2, 0.25) is 23.8 Å². The van der Waals surface area contributed by atoms with E-state index in [2.05, 4.69) is 25.7 Å². The molecule has 20 heavy (non-hydrogen) atoms. The van der Waals surface area contributed by atoms with Gasteiger partial charge in [-0.25, -0.2) is 5.84 Å². The van der Waals surface area contributed by atoms with Crippen LogP contribution in [0.1, 0.15) is 13.8 Å². The number of carbonyl (C=O) groups is 1. The summed E-state index contributed by atoms with van der Waals surface area (Å²) in [6, 6.07) is 0. The fraction of sp³-hybridized carbons (Fsp3) is 0.636. The second kappa shape index (κ2) is 5.08. The van der Waals surface area contributed by atoms with E-state index in [1.54, 1.807) is 4.90 Å². The maximum absolute atomic E-state index is 12.0. The van der Waals surface area contributed by atoms with Crippen LogP contribution in [0.2, 0.25) is 0 Å². The molecule has 1 fully saturated rings. The number of anilines is 3. The van der Waals surface area contributed by atoms with Gasteiger partial charge in [0.1, 0.15) is 5.54 Å². The molecule has 1 aliphatic heterocycles. The summed E-state index contributed by atoms with van der Waals surface area (Å²) in [6.07, 6.45) is 0. The zero-order valence-corrected chi connectivity index (χ0v) is 12.1. The van der Waals surface area contributed by atoms with E-state index in [1.807, 2.05) is 32.8 Å². The highest BCUT2D eigenvalue weighted by Crippen LogP contribution is 2.24. The first-order chi connectivity index (χ1) is 9.36. The van der Waals surface area contributed by atoms with Crippen LogP contribution in [0.25, 0.3) is 0 Å². The van der Waals surface area contributed by atoms with Gasteiger partial charge in [-0.2, -0.15) is 15.0 Å². The fourth-order valence-corrected chi connectivity index (χ4v) is 1.99. The number of hydrogen-bond donors (Lipinski definition) is 3. The van der Waals surface area contributed by atoms with E-state index in [0.717, 1.165) is 0 Å². The molecule has 2 rings (SSSR count). The summed E-state index contributed by atoms with van der Waals surface area (Å²) in [5.41, 5.74) is 1.70. The number of rotatable bonds is 3. The van der Waals surface area contributed by atoms with Crippen LogP contribution in [-0.2, 0) is 4.79 Å². The number of nitrogens with one attached hydrogen (secondary N) is 2. The van der Waals surface area contributed by atoms with E-state index in [4.69, 9.17) is 5.84 Å². The molecule has 0 unspecified atom stereocenters. The molecule has 0 radical (unpaired) electrons. The third kappa shape index (κ3) is 2.44. The monoisotopic (exact) mass is 280 g/mol. The van der Waals surface area contributed by atoms with Crippen LogP contribution >= 0.6 is 0 Å². The standard InChI is InChI=1S/C11H20N8O/c1-11(2)7(20)13-5-6-19(11)10-15-8(17-12)14-9(16-10)18(3)4/h5-6,12H2,1-4H3,(H,13,20)(H,14,15,16,17). The Kier molecular flexibility index (Phi) is 3.62. The Labute approximate surface area is 117 Å². The first-order valence-electron chi connectivity index (χ1n) is 6.32. The predicted molar refractivity (Wildman–Crippen MR) is 76.4 cm³/mol. The van der Waals surface area contributed by atoms with Gasteiger partial charge in [0.25, 0.3) is 0 Å². The summed E-state index contributed by atoms with van der Waals surface area (Å²) in [7, 11) is 3.65. The number of hydrogen-bond acceptors (Lipinski definition) is 8. The van der Waals surface area contributed by atoms with Crippen LogP contribution in [0.15, 0.2) is 0 Å². The Morgan fingerprint density at radius 1 is 1.35 bits per heavy atom. The molecule has 2 heterocycles. The van der Waals surface area contributed by atoms with E-state index >= 15 is 0 Å². The van der Waals surface area contributed by atoms with Crippen LogP contribution in [0.4, 0.5) is 17.8 Å². The number of nitrogens with two attached hydrogens (primary N) is 1. The van der Waals surface area contributed by atoms with Crippen molar-refractivity contribution >= 4 is 23.8 Å². The number of hydrazine groups is 1. The summed E-state index contributed by atoms with van der Waals surface area (Å²) < 4.78 is 0. The Hall–Kier alpha value is -2.16. The van der Waals surface area contributed by atoms with Crippen LogP contribution in [0.5, 0.6) is 0 Å². The second-order valence-corrected chi connectivity index (χ2v) is 5.26. The zero-order valence-electron chi connectivity index (χ0n) is 12.1. The molecule has 1 saturated heterocycles. The van der Waals surface area contributed by atoms with Crippen molar-refractivity contribution in [1.82, 2.24) is 20.3 Å². The Morgan fingerprint density at radius 3 is 2.65 bits per heavy atom. The number of nitrogen functional groups attached to an aromatic ring is 1. The quantitative estimate of drug-likeness (QED) is 0.474. The third-order valence-electron chi connectivity index (χ3n) is 3.23. The molecular formula is C11H20N8O. The molecule has 1 aromatic rings. The highest BCUT2D eigenvalue weighted by Gasteiger charge is 2.39. The molecule has 0 saturated carbocycles. The molecule has 110 valence electrons. The van der Waals surface area contributed by atoms with E-state index in [9.17, 15) is 4.79 Å². The van der Waals surface area contributed by atoms with Gasteiger partial charge in [-0.15, -0.1) is 0 Å². The number of piperazine rings is 1. The van der Waals surface area contributed by atoms with Crippen molar-refractivity contribution in [2.24, 2.45) is 5.84 Å². The van der Waals surface area contributed by atoms with Gasteiger partial charge < -0.3 is 15.1 Å². The van der Waals surface area contributed by atoms with Gasteiger partial charge in [-0.05, 0) is 13.8 Å². The van der Waals surface area contributed by atoms with E-state index < -0.39 is 5.54 Å². The lowest BCUT2D eigenvalue weighted by Gasteiger charge is -2.41. The lowest BCUT2D eigenvalue weighted by Crippen LogP contribution is -2.62. The van der Waals surface area contributed by atoms with Crippen molar-refractivity contribution in [2.75, 3.05) is 42.4 Å².